The number of esters is 2. The summed E-state index contributed by atoms with van der Waals surface area (Å²) in [5.74, 6) is -1.34. The Labute approximate surface area is 143 Å². The van der Waals surface area contributed by atoms with E-state index in [2.05, 4.69) is 5.32 Å². The van der Waals surface area contributed by atoms with E-state index >= 15 is 0 Å². The van der Waals surface area contributed by atoms with Gasteiger partial charge in [0.2, 0.25) is 0 Å². The number of halogens is 1. The largest absolute Gasteiger partial charge is 0.415 e. The Bertz CT molecular complexity index is 800. The molecule has 24 heavy (non-hydrogen) atoms. The second kappa shape index (κ2) is 6.76. The van der Waals surface area contributed by atoms with Gasteiger partial charge in [0.25, 0.3) is 6.29 Å². The minimum absolute atomic E-state index is 0.138. The van der Waals surface area contributed by atoms with Crippen molar-refractivity contribution in [1.82, 2.24) is 0 Å². The number of cyclic esters (lactones) is 1. The Hall–Kier alpha value is -2.79. The SMILES string of the molecule is Cc1ccc(C(=O)OC2OC(=O)C(Cl)=C2Nc2ccccc2)cc1. The quantitative estimate of drug-likeness (QED) is 0.859. The van der Waals surface area contributed by atoms with E-state index in [9.17, 15) is 9.59 Å². The number of para-hydroxylation sites is 1. The lowest BCUT2D eigenvalue weighted by molar-refractivity contribution is -0.152. The van der Waals surface area contributed by atoms with Crippen molar-refractivity contribution >= 4 is 29.2 Å². The molecule has 0 aliphatic carbocycles. The Kier molecular flexibility index (Phi) is 4.53. The van der Waals surface area contributed by atoms with Crippen LogP contribution in [0.15, 0.2) is 65.3 Å². The number of hydrogen-bond donors (Lipinski definition) is 1. The van der Waals surface area contributed by atoms with E-state index in [0.29, 0.717) is 11.3 Å². The zero-order valence-corrected chi connectivity index (χ0v) is 13.5. The molecule has 0 saturated heterocycles. The second-order valence-electron chi connectivity index (χ2n) is 5.23. The highest BCUT2D eigenvalue weighted by molar-refractivity contribution is 6.42. The Morgan fingerprint density at radius 2 is 1.79 bits per heavy atom. The monoisotopic (exact) mass is 343 g/mol. The lowest BCUT2D eigenvalue weighted by Crippen LogP contribution is -2.24. The van der Waals surface area contributed by atoms with Crippen LogP contribution in [0.3, 0.4) is 0 Å². The molecule has 122 valence electrons. The van der Waals surface area contributed by atoms with Crippen molar-refractivity contribution < 1.29 is 19.1 Å². The van der Waals surface area contributed by atoms with Crippen molar-refractivity contribution in [2.45, 2.75) is 13.2 Å². The third-order valence-electron chi connectivity index (χ3n) is 3.42. The maximum atomic E-state index is 12.2. The van der Waals surface area contributed by atoms with Crippen molar-refractivity contribution in [3.63, 3.8) is 0 Å². The van der Waals surface area contributed by atoms with Gasteiger partial charge in [-0.25, -0.2) is 9.59 Å². The molecule has 5 nitrogen and oxygen atoms in total. The molecule has 1 unspecified atom stereocenters. The summed E-state index contributed by atoms with van der Waals surface area (Å²) >= 11 is 5.97. The molecule has 0 saturated carbocycles. The molecule has 0 amide bonds. The number of anilines is 1. The molecule has 1 aliphatic rings. The summed E-state index contributed by atoms with van der Waals surface area (Å²) in [5.41, 5.74) is 2.28. The number of aryl methyl sites for hydroxylation is 1. The number of hydrogen-bond acceptors (Lipinski definition) is 5. The summed E-state index contributed by atoms with van der Waals surface area (Å²) in [6.45, 7) is 1.91. The van der Waals surface area contributed by atoms with Crippen LogP contribution in [0.4, 0.5) is 5.69 Å². The zero-order valence-electron chi connectivity index (χ0n) is 12.8. The first-order valence-electron chi connectivity index (χ1n) is 7.25. The summed E-state index contributed by atoms with van der Waals surface area (Å²) in [7, 11) is 0. The fourth-order valence-corrected chi connectivity index (χ4v) is 2.33. The lowest BCUT2D eigenvalue weighted by Gasteiger charge is -2.16. The molecule has 0 fully saturated rings. The standard InChI is InChI=1S/C18H14ClNO4/c1-11-7-9-12(10-8-11)16(21)23-18-15(14(19)17(22)24-18)20-13-5-3-2-4-6-13/h2-10,18,20H,1H3. The van der Waals surface area contributed by atoms with Crippen molar-refractivity contribution in [3.05, 3.63) is 76.5 Å². The molecule has 2 aromatic rings. The van der Waals surface area contributed by atoms with Crippen LogP contribution in [-0.2, 0) is 14.3 Å². The van der Waals surface area contributed by atoms with Crippen LogP contribution in [0.2, 0.25) is 0 Å². The van der Waals surface area contributed by atoms with Gasteiger partial charge >= 0.3 is 11.9 Å². The topological polar surface area (TPSA) is 64.6 Å². The molecule has 2 aromatic carbocycles. The highest BCUT2D eigenvalue weighted by Gasteiger charge is 2.36. The van der Waals surface area contributed by atoms with E-state index in [-0.39, 0.29) is 10.7 Å². The van der Waals surface area contributed by atoms with E-state index in [1.165, 1.54) is 0 Å². The van der Waals surface area contributed by atoms with Gasteiger partial charge in [-0.05, 0) is 31.2 Å². The number of carbonyl (C=O) groups is 2. The van der Waals surface area contributed by atoms with E-state index in [1.54, 1.807) is 36.4 Å². The highest BCUT2D eigenvalue weighted by atomic mass is 35.5. The molecule has 1 aliphatic heterocycles. The molecule has 6 heteroatoms. The first-order valence-corrected chi connectivity index (χ1v) is 7.63. The fraction of sp³-hybridized carbons (Fsp3) is 0.111. The predicted molar refractivity (Wildman–Crippen MR) is 89.4 cm³/mol. The van der Waals surface area contributed by atoms with Crippen molar-refractivity contribution in [1.29, 1.82) is 0 Å². The fourth-order valence-electron chi connectivity index (χ4n) is 2.15. The van der Waals surface area contributed by atoms with E-state index in [4.69, 9.17) is 21.1 Å². The normalized spacial score (nSPS) is 16.8. The first-order chi connectivity index (χ1) is 11.5. The summed E-state index contributed by atoms with van der Waals surface area (Å²) in [6.07, 6.45) is -1.21. The van der Waals surface area contributed by atoms with Crippen molar-refractivity contribution in [3.8, 4) is 0 Å². The molecule has 0 bridgehead atoms. The minimum Gasteiger partial charge on any atom is -0.415 e. The maximum Gasteiger partial charge on any atom is 0.355 e. The molecule has 0 spiro atoms. The molecular formula is C18H14ClNO4. The number of carbonyl (C=O) groups excluding carboxylic acids is 2. The van der Waals surface area contributed by atoms with Gasteiger partial charge in [0.1, 0.15) is 5.70 Å². The van der Waals surface area contributed by atoms with Crippen LogP contribution in [0.5, 0.6) is 0 Å². The van der Waals surface area contributed by atoms with Gasteiger partial charge in [-0.3, -0.25) is 0 Å². The average molecular weight is 344 g/mol. The molecule has 0 radical (unpaired) electrons. The highest BCUT2D eigenvalue weighted by Crippen LogP contribution is 2.28. The van der Waals surface area contributed by atoms with Crippen molar-refractivity contribution in [2.75, 3.05) is 5.32 Å². The molecular weight excluding hydrogens is 330 g/mol. The Balaban J connectivity index is 1.78. The van der Waals surface area contributed by atoms with Crippen LogP contribution in [-0.4, -0.2) is 18.2 Å². The molecule has 0 aromatic heterocycles. The maximum absolute atomic E-state index is 12.2. The van der Waals surface area contributed by atoms with Crippen LogP contribution in [0.1, 0.15) is 15.9 Å². The van der Waals surface area contributed by atoms with E-state index in [1.807, 2.05) is 25.1 Å². The molecule has 3 rings (SSSR count). The zero-order chi connectivity index (χ0) is 17.1. The van der Waals surface area contributed by atoms with Crippen LogP contribution < -0.4 is 5.32 Å². The second-order valence-corrected chi connectivity index (χ2v) is 5.61. The number of benzene rings is 2. The van der Waals surface area contributed by atoms with Gasteiger partial charge in [-0.1, -0.05) is 47.5 Å². The van der Waals surface area contributed by atoms with Gasteiger partial charge in [0.15, 0.2) is 5.03 Å². The van der Waals surface area contributed by atoms with Crippen LogP contribution in [0.25, 0.3) is 0 Å². The summed E-state index contributed by atoms with van der Waals surface area (Å²) in [6, 6.07) is 16.0. The summed E-state index contributed by atoms with van der Waals surface area (Å²) in [5, 5.41) is 2.82. The van der Waals surface area contributed by atoms with Crippen LogP contribution >= 0.6 is 11.6 Å². The summed E-state index contributed by atoms with van der Waals surface area (Å²) in [4.78, 5) is 23.9. The number of rotatable bonds is 4. The van der Waals surface area contributed by atoms with Crippen LogP contribution in [0, 0.1) is 6.92 Å². The van der Waals surface area contributed by atoms with Crippen molar-refractivity contribution in [2.24, 2.45) is 0 Å². The van der Waals surface area contributed by atoms with Gasteiger partial charge in [-0.2, -0.15) is 0 Å². The van der Waals surface area contributed by atoms with E-state index < -0.39 is 18.2 Å². The third-order valence-corrected chi connectivity index (χ3v) is 3.78. The van der Waals surface area contributed by atoms with E-state index in [0.717, 1.165) is 5.56 Å². The van der Waals surface area contributed by atoms with Gasteiger partial charge in [0, 0.05) is 5.69 Å². The van der Waals surface area contributed by atoms with Gasteiger partial charge < -0.3 is 14.8 Å². The van der Waals surface area contributed by atoms with Gasteiger partial charge in [0.05, 0.1) is 5.56 Å². The van der Waals surface area contributed by atoms with Gasteiger partial charge in [-0.15, -0.1) is 0 Å². The third kappa shape index (κ3) is 3.41. The molecule has 1 N–H and O–H groups in total. The smallest absolute Gasteiger partial charge is 0.355 e. The predicted octanol–water partition coefficient (Wildman–Crippen LogP) is 3.60. The molecule has 1 atom stereocenters. The minimum atomic E-state index is -1.21. The first kappa shape index (κ1) is 16.1. The number of ether oxygens (including phenoxy) is 2. The summed E-state index contributed by atoms with van der Waals surface area (Å²) < 4.78 is 10.3. The number of nitrogens with one attached hydrogen (secondary N) is 1. The Morgan fingerprint density at radius 1 is 1.12 bits per heavy atom. The lowest BCUT2D eigenvalue weighted by atomic mass is 10.1. The molecule has 1 heterocycles. The average Bonchev–Trinajstić information content (AvgIpc) is 2.84. The Morgan fingerprint density at radius 3 is 2.46 bits per heavy atom.